The molecule has 2 aromatic rings. The third-order valence-electron chi connectivity index (χ3n) is 6.01. The summed E-state index contributed by atoms with van der Waals surface area (Å²) in [5, 5.41) is 6.53. The highest BCUT2D eigenvalue weighted by Gasteiger charge is 2.20. The molecular formula is C24H30N4O2. The topological polar surface area (TPSA) is 74.3 Å². The number of nitrogens with one attached hydrogen (secondary N) is 2. The van der Waals surface area contributed by atoms with Crippen molar-refractivity contribution in [3.8, 4) is 0 Å². The summed E-state index contributed by atoms with van der Waals surface area (Å²) in [6.45, 7) is 3.08. The third kappa shape index (κ3) is 5.05. The minimum Gasteiger partial charge on any atom is -0.352 e. The molecule has 0 bridgehead atoms. The van der Waals surface area contributed by atoms with Crippen LogP contribution in [0, 0.1) is 0 Å². The van der Waals surface area contributed by atoms with Crippen LogP contribution in [0.4, 0.5) is 0 Å². The molecule has 6 nitrogen and oxygen atoms in total. The summed E-state index contributed by atoms with van der Waals surface area (Å²) in [7, 11) is 0. The van der Waals surface area contributed by atoms with Gasteiger partial charge in [0.05, 0.1) is 5.56 Å². The van der Waals surface area contributed by atoms with Gasteiger partial charge in [0, 0.05) is 31.9 Å². The highest BCUT2D eigenvalue weighted by atomic mass is 16.2. The molecule has 4 rings (SSSR count). The van der Waals surface area contributed by atoms with Gasteiger partial charge in [0.15, 0.2) is 0 Å². The minimum atomic E-state index is -0.146. The molecule has 0 saturated carbocycles. The largest absolute Gasteiger partial charge is 0.352 e. The first-order valence-electron chi connectivity index (χ1n) is 11.0. The van der Waals surface area contributed by atoms with Crippen LogP contribution in [0.3, 0.4) is 0 Å². The van der Waals surface area contributed by atoms with Gasteiger partial charge in [-0.2, -0.15) is 0 Å². The van der Waals surface area contributed by atoms with E-state index >= 15 is 0 Å². The normalized spacial score (nSPS) is 16.3. The molecule has 1 aliphatic carbocycles. The lowest BCUT2D eigenvalue weighted by molar-refractivity contribution is 0.0717. The highest BCUT2D eigenvalue weighted by Crippen LogP contribution is 2.21. The number of carbonyl (C=O) groups excluding carboxylic acids is 2. The van der Waals surface area contributed by atoms with Gasteiger partial charge in [-0.05, 0) is 68.3 Å². The van der Waals surface area contributed by atoms with Crippen LogP contribution >= 0.6 is 0 Å². The number of benzene rings is 1. The number of fused-ring (bicyclic) bond motifs is 1. The molecule has 2 amide bonds. The number of amides is 2. The van der Waals surface area contributed by atoms with E-state index in [0.717, 1.165) is 51.7 Å². The van der Waals surface area contributed by atoms with Crippen LogP contribution in [-0.4, -0.2) is 53.9 Å². The second kappa shape index (κ2) is 9.85. The second-order valence-electron chi connectivity index (χ2n) is 8.22. The summed E-state index contributed by atoms with van der Waals surface area (Å²) in [5.74, 6) is -0.186. The fourth-order valence-electron chi connectivity index (χ4n) is 4.32. The van der Waals surface area contributed by atoms with Crippen molar-refractivity contribution in [3.05, 3.63) is 65.0 Å². The molecule has 30 heavy (non-hydrogen) atoms. The molecule has 1 fully saturated rings. The number of likely N-dealkylation sites (tertiary alicyclic amines) is 1. The van der Waals surface area contributed by atoms with Crippen LogP contribution in [0.2, 0.25) is 0 Å². The van der Waals surface area contributed by atoms with E-state index < -0.39 is 0 Å². The van der Waals surface area contributed by atoms with Crippen molar-refractivity contribution in [2.45, 2.75) is 44.6 Å². The van der Waals surface area contributed by atoms with Crippen molar-refractivity contribution >= 4 is 11.8 Å². The summed E-state index contributed by atoms with van der Waals surface area (Å²) >= 11 is 0. The van der Waals surface area contributed by atoms with Gasteiger partial charge >= 0.3 is 0 Å². The fraction of sp³-hybridized carbons (Fsp3) is 0.458. The summed E-state index contributed by atoms with van der Waals surface area (Å²) in [6, 6.07) is 12.4. The first-order chi connectivity index (χ1) is 14.7. The van der Waals surface area contributed by atoms with Gasteiger partial charge in [0.2, 0.25) is 0 Å². The van der Waals surface area contributed by atoms with Crippen LogP contribution in [0.25, 0.3) is 0 Å². The number of hydrogen-bond donors (Lipinski definition) is 2. The van der Waals surface area contributed by atoms with E-state index in [1.54, 1.807) is 12.1 Å². The zero-order chi connectivity index (χ0) is 20.8. The van der Waals surface area contributed by atoms with Crippen molar-refractivity contribution in [3.63, 3.8) is 0 Å². The molecule has 1 saturated heterocycles. The lowest BCUT2D eigenvalue weighted by Gasteiger charge is -2.26. The number of rotatable bonds is 7. The van der Waals surface area contributed by atoms with Gasteiger partial charge in [-0.15, -0.1) is 0 Å². The number of hydrogen-bond acceptors (Lipinski definition) is 4. The lowest BCUT2D eigenvalue weighted by Crippen LogP contribution is -2.36. The molecular weight excluding hydrogens is 376 g/mol. The monoisotopic (exact) mass is 406 g/mol. The Balaban J connectivity index is 1.16. The van der Waals surface area contributed by atoms with E-state index in [0.29, 0.717) is 23.8 Å². The maximum atomic E-state index is 12.5. The molecule has 0 spiro atoms. The van der Waals surface area contributed by atoms with Gasteiger partial charge in [0.1, 0.15) is 5.69 Å². The summed E-state index contributed by atoms with van der Waals surface area (Å²) in [5.41, 5.74) is 3.79. The number of nitrogens with zero attached hydrogens (tertiary/aromatic N) is 2. The molecule has 0 radical (unpaired) electrons. The number of aromatic nitrogens is 1. The average Bonchev–Trinajstić information content (AvgIpc) is 3.22. The van der Waals surface area contributed by atoms with Gasteiger partial charge in [0.25, 0.3) is 11.8 Å². The Labute approximate surface area is 178 Å². The Kier molecular flexibility index (Phi) is 6.74. The van der Waals surface area contributed by atoms with Gasteiger partial charge < -0.3 is 15.5 Å². The fourth-order valence-corrected chi connectivity index (χ4v) is 4.32. The number of piperidine rings is 1. The Morgan fingerprint density at radius 2 is 1.70 bits per heavy atom. The van der Waals surface area contributed by atoms with Crippen molar-refractivity contribution < 1.29 is 9.59 Å². The van der Waals surface area contributed by atoms with Crippen LogP contribution in [0.5, 0.6) is 0 Å². The van der Waals surface area contributed by atoms with E-state index in [-0.39, 0.29) is 11.8 Å². The maximum Gasteiger partial charge on any atom is 0.272 e. The van der Waals surface area contributed by atoms with Gasteiger partial charge in [-0.3, -0.25) is 14.6 Å². The maximum absolute atomic E-state index is 12.5. The SMILES string of the molecule is O=C(NCCCNC1Cc2ccccc2C1)c1ccc(C(=O)N2CCCCC2)nc1. The van der Waals surface area contributed by atoms with Crippen LogP contribution < -0.4 is 10.6 Å². The smallest absolute Gasteiger partial charge is 0.272 e. The predicted octanol–water partition coefficient (Wildman–Crippen LogP) is 2.58. The Morgan fingerprint density at radius 1 is 0.967 bits per heavy atom. The average molecular weight is 407 g/mol. The quantitative estimate of drug-likeness (QED) is 0.693. The van der Waals surface area contributed by atoms with Crippen molar-refractivity contribution in [2.75, 3.05) is 26.2 Å². The summed E-state index contributed by atoms with van der Waals surface area (Å²) in [6.07, 6.45) is 7.81. The van der Waals surface area contributed by atoms with Crippen LogP contribution in [0.1, 0.15) is 57.7 Å². The zero-order valence-corrected chi connectivity index (χ0v) is 17.4. The first kappa shape index (κ1) is 20.5. The van der Waals surface area contributed by atoms with Crippen molar-refractivity contribution in [2.24, 2.45) is 0 Å². The molecule has 2 heterocycles. The lowest BCUT2D eigenvalue weighted by atomic mass is 10.1. The standard InChI is InChI=1S/C24H30N4O2/c29-23(20-9-10-22(27-17-20)24(30)28-13-4-1-5-14-28)26-12-6-11-25-21-15-18-7-2-3-8-19(18)16-21/h2-3,7-10,17,21,25H,1,4-6,11-16H2,(H,26,29). The Hall–Kier alpha value is -2.73. The molecule has 1 aromatic heterocycles. The Morgan fingerprint density at radius 3 is 2.37 bits per heavy atom. The van der Waals surface area contributed by atoms with E-state index in [9.17, 15) is 9.59 Å². The molecule has 1 aromatic carbocycles. The summed E-state index contributed by atoms with van der Waals surface area (Å²) < 4.78 is 0. The number of pyridine rings is 1. The molecule has 2 N–H and O–H groups in total. The molecule has 158 valence electrons. The van der Waals surface area contributed by atoms with Gasteiger partial charge in [-0.25, -0.2) is 0 Å². The van der Waals surface area contributed by atoms with E-state index in [1.807, 2.05) is 4.90 Å². The summed E-state index contributed by atoms with van der Waals surface area (Å²) in [4.78, 5) is 30.9. The van der Waals surface area contributed by atoms with E-state index in [2.05, 4.69) is 39.9 Å². The van der Waals surface area contributed by atoms with Crippen molar-refractivity contribution in [1.82, 2.24) is 20.5 Å². The minimum absolute atomic E-state index is 0.0400. The van der Waals surface area contributed by atoms with E-state index in [4.69, 9.17) is 0 Å². The molecule has 2 aliphatic rings. The van der Waals surface area contributed by atoms with Crippen molar-refractivity contribution in [1.29, 1.82) is 0 Å². The van der Waals surface area contributed by atoms with Crippen LogP contribution in [0.15, 0.2) is 42.6 Å². The molecule has 1 aliphatic heterocycles. The second-order valence-corrected chi connectivity index (χ2v) is 8.22. The molecule has 0 atom stereocenters. The first-order valence-corrected chi connectivity index (χ1v) is 11.0. The third-order valence-corrected chi connectivity index (χ3v) is 6.01. The molecule has 0 unspecified atom stereocenters. The molecule has 6 heteroatoms. The van der Waals surface area contributed by atoms with E-state index in [1.165, 1.54) is 23.7 Å². The Bertz CT molecular complexity index is 850. The predicted molar refractivity (Wildman–Crippen MR) is 117 cm³/mol. The number of carbonyl (C=O) groups is 2. The van der Waals surface area contributed by atoms with Crippen LogP contribution in [-0.2, 0) is 12.8 Å². The highest BCUT2D eigenvalue weighted by molar-refractivity contribution is 5.96. The van der Waals surface area contributed by atoms with Gasteiger partial charge in [-0.1, -0.05) is 24.3 Å². The zero-order valence-electron chi connectivity index (χ0n) is 17.4.